The van der Waals surface area contributed by atoms with Crippen molar-refractivity contribution in [2.75, 3.05) is 6.54 Å². The normalized spacial score (nSPS) is 11.7. The average Bonchev–Trinajstić information content (AvgIpc) is 2.28. The molecular formula is C17H33N3O4. The SMILES string of the molecule is CC(C)CCCN=C(NC(=O)OC(C)(C)C)NC(=O)OC(C)(C)C. The van der Waals surface area contributed by atoms with Crippen LogP contribution in [-0.4, -0.2) is 35.9 Å². The van der Waals surface area contributed by atoms with Gasteiger partial charge in [0, 0.05) is 6.54 Å². The fourth-order valence-electron chi connectivity index (χ4n) is 1.60. The predicted octanol–water partition coefficient (Wildman–Crippen LogP) is 3.83. The number of guanidine groups is 1. The zero-order valence-electron chi connectivity index (χ0n) is 16.3. The minimum atomic E-state index is -0.679. The van der Waals surface area contributed by atoms with E-state index in [9.17, 15) is 9.59 Å². The number of hydrogen-bond acceptors (Lipinski definition) is 5. The van der Waals surface area contributed by atoms with Crippen molar-refractivity contribution in [1.29, 1.82) is 0 Å². The summed E-state index contributed by atoms with van der Waals surface area (Å²) in [5.41, 5.74) is -1.28. The first-order chi connectivity index (χ1) is 10.8. The Labute approximate surface area is 145 Å². The number of rotatable bonds is 4. The molecule has 0 bridgehead atoms. The number of carbonyl (C=O) groups excluding carboxylic acids is 2. The number of nitrogens with zero attached hydrogens (tertiary/aromatic N) is 1. The highest BCUT2D eigenvalue weighted by molar-refractivity contribution is 6.01. The number of alkyl carbamates (subject to hydrolysis) is 2. The maximum atomic E-state index is 11.9. The minimum Gasteiger partial charge on any atom is -0.444 e. The van der Waals surface area contributed by atoms with Crippen LogP contribution >= 0.6 is 0 Å². The predicted molar refractivity (Wildman–Crippen MR) is 95.1 cm³/mol. The maximum Gasteiger partial charge on any atom is 0.414 e. The molecule has 140 valence electrons. The molecule has 0 aliphatic heterocycles. The molecule has 0 spiro atoms. The van der Waals surface area contributed by atoms with Crippen LogP contribution in [0, 0.1) is 5.92 Å². The zero-order chi connectivity index (χ0) is 19.0. The lowest BCUT2D eigenvalue weighted by Gasteiger charge is -2.22. The second-order valence-electron chi connectivity index (χ2n) is 8.02. The summed E-state index contributed by atoms with van der Waals surface area (Å²) >= 11 is 0. The third-order valence-electron chi connectivity index (χ3n) is 2.45. The summed E-state index contributed by atoms with van der Waals surface area (Å²) < 4.78 is 10.3. The van der Waals surface area contributed by atoms with E-state index in [2.05, 4.69) is 29.5 Å². The van der Waals surface area contributed by atoms with Gasteiger partial charge in [0.05, 0.1) is 0 Å². The molecule has 7 heteroatoms. The Morgan fingerprint density at radius 3 is 1.67 bits per heavy atom. The van der Waals surface area contributed by atoms with Crippen LogP contribution in [0.15, 0.2) is 4.99 Å². The third-order valence-corrected chi connectivity index (χ3v) is 2.45. The molecule has 2 N–H and O–H groups in total. The van der Waals surface area contributed by atoms with Gasteiger partial charge in [-0.15, -0.1) is 0 Å². The Morgan fingerprint density at radius 2 is 1.33 bits per heavy atom. The molecule has 0 saturated carbocycles. The van der Waals surface area contributed by atoms with Crippen LogP contribution in [-0.2, 0) is 9.47 Å². The van der Waals surface area contributed by atoms with Crippen LogP contribution in [0.1, 0.15) is 68.2 Å². The van der Waals surface area contributed by atoms with Crippen LogP contribution in [0.2, 0.25) is 0 Å². The van der Waals surface area contributed by atoms with Crippen LogP contribution in [0.25, 0.3) is 0 Å². The highest BCUT2D eigenvalue weighted by Gasteiger charge is 2.21. The van der Waals surface area contributed by atoms with E-state index in [4.69, 9.17) is 9.47 Å². The topological polar surface area (TPSA) is 89.0 Å². The molecule has 0 heterocycles. The van der Waals surface area contributed by atoms with Crippen LogP contribution in [0.4, 0.5) is 9.59 Å². The summed E-state index contributed by atoms with van der Waals surface area (Å²) in [5, 5.41) is 4.91. The smallest absolute Gasteiger partial charge is 0.414 e. The molecular weight excluding hydrogens is 310 g/mol. The lowest BCUT2D eigenvalue weighted by molar-refractivity contribution is 0.0545. The molecule has 0 aliphatic carbocycles. The zero-order valence-corrected chi connectivity index (χ0v) is 16.3. The van der Waals surface area contributed by atoms with Crippen LogP contribution in [0.5, 0.6) is 0 Å². The van der Waals surface area contributed by atoms with Crippen molar-refractivity contribution in [2.24, 2.45) is 10.9 Å². The largest absolute Gasteiger partial charge is 0.444 e. The van der Waals surface area contributed by atoms with Crippen LogP contribution in [0.3, 0.4) is 0 Å². The number of hydrogen-bond donors (Lipinski definition) is 2. The van der Waals surface area contributed by atoms with Crippen molar-refractivity contribution in [1.82, 2.24) is 10.6 Å². The first-order valence-corrected chi connectivity index (χ1v) is 8.33. The maximum absolute atomic E-state index is 11.9. The van der Waals surface area contributed by atoms with E-state index in [0.29, 0.717) is 12.5 Å². The minimum absolute atomic E-state index is 0.0299. The lowest BCUT2D eigenvalue weighted by atomic mass is 10.1. The first kappa shape index (κ1) is 22.2. The molecule has 0 aromatic rings. The van der Waals surface area contributed by atoms with Crippen molar-refractivity contribution >= 4 is 18.1 Å². The van der Waals surface area contributed by atoms with Gasteiger partial charge in [-0.1, -0.05) is 13.8 Å². The molecule has 0 unspecified atom stereocenters. The molecule has 2 amide bonds. The number of carbonyl (C=O) groups is 2. The van der Waals surface area contributed by atoms with Gasteiger partial charge >= 0.3 is 12.2 Å². The second-order valence-corrected chi connectivity index (χ2v) is 8.02. The monoisotopic (exact) mass is 343 g/mol. The van der Waals surface area contributed by atoms with E-state index in [1.807, 2.05) is 0 Å². The molecule has 0 saturated heterocycles. The van der Waals surface area contributed by atoms with Gasteiger partial charge in [0.2, 0.25) is 5.96 Å². The van der Waals surface area contributed by atoms with Crippen LogP contribution < -0.4 is 10.6 Å². The van der Waals surface area contributed by atoms with Gasteiger partial charge in [-0.3, -0.25) is 15.6 Å². The fraction of sp³-hybridized carbons (Fsp3) is 0.824. The van der Waals surface area contributed by atoms with Gasteiger partial charge in [0.15, 0.2) is 0 Å². The van der Waals surface area contributed by atoms with Gasteiger partial charge in [-0.05, 0) is 60.3 Å². The van der Waals surface area contributed by atoms with E-state index >= 15 is 0 Å². The van der Waals surface area contributed by atoms with Crippen molar-refractivity contribution in [3.05, 3.63) is 0 Å². The standard InChI is InChI=1S/C17H33N3O4/c1-12(2)10-9-11-18-13(19-14(21)23-16(3,4)5)20-15(22)24-17(6,7)8/h12H,9-11H2,1-8H3,(H2,18,19,20,21,22). The molecule has 24 heavy (non-hydrogen) atoms. The number of amides is 2. The molecule has 0 rings (SSSR count). The molecule has 0 aliphatic rings. The summed E-state index contributed by atoms with van der Waals surface area (Å²) in [6.07, 6.45) is 0.505. The molecule has 0 aromatic carbocycles. The third kappa shape index (κ3) is 13.8. The average molecular weight is 343 g/mol. The van der Waals surface area contributed by atoms with E-state index in [-0.39, 0.29) is 5.96 Å². The summed E-state index contributed by atoms with van der Waals surface area (Å²) in [6, 6.07) is 0. The Morgan fingerprint density at radius 1 is 0.917 bits per heavy atom. The number of nitrogens with one attached hydrogen (secondary N) is 2. The summed E-state index contributed by atoms with van der Waals surface area (Å²) in [4.78, 5) is 28.0. The second kappa shape index (κ2) is 9.49. The van der Waals surface area contributed by atoms with E-state index < -0.39 is 23.4 Å². The lowest BCUT2D eigenvalue weighted by Crippen LogP contribution is -2.47. The fourth-order valence-corrected chi connectivity index (χ4v) is 1.60. The first-order valence-electron chi connectivity index (χ1n) is 8.33. The summed E-state index contributed by atoms with van der Waals surface area (Å²) in [7, 11) is 0. The Kier molecular flexibility index (Phi) is 8.78. The van der Waals surface area contributed by atoms with Gasteiger partial charge < -0.3 is 9.47 Å². The van der Waals surface area contributed by atoms with E-state index in [1.165, 1.54) is 0 Å². The van der Waals surface area contributed by atoms with Gasteiger partial charge in [0.25, 0.3) is 0 Å². The molecule has 7 nitrogen and oxygen atoms in total. The Balaban J connectivity index is 4.79. The Bertz CT molecular complexity index is 414. The molecule has 0 atom stereocenters. The van der Waals surface area contributed by atoms with Gasteiger partial charge in [-0.2, -0.15) is 0 Å². The van der Waals surface area contributed by atoms with Gasteiger partial charge in [-0.25, -0.2) is 9.59 Å². The molecule has 0 radical (unpaired) electrons. The quantitative estimate of drug-likeness (QED) is 0.461. The molecule has 0 fully saturated rings. The van der Waals surface area contributed by atoms with Crippen molar-refractivity contribution in [3.8, 4) is 0 Å². The number of ether oxygens (including phenoxy) is 2. The van der Waals surface area contributed by atoms with Gasteiger partial charge in [0.1, 0.15) is 11.2 Å². The molecule has 0 aromatic heterocycles. The highest BCUT2D eigenvalue weighted by atomic mass is 16.6. The van der Waals surface area contributed by atoms with Crippen molar-refractivity contribution in [2.45, 2.75) is 79.4 Å². The number of aliphatic imine (C=N–C) groups is 1. The van der Waals surface area contributed by atoms with E-state index in [1.54, 1.807) is 41.5 Å². The van der Waals surface area contributed by atoms with E-state index in [0.717, 1.165) is 12.8 Å². The van der Waals surface area contributed by atoms with Crippen molar-refractivity contribution < 1.29 is 19.1 Å². The Hall–Kier alpha value is -1.79. The highest BCUT2D eigenvalue weighted by Crippen LogP contribution is 2.08. The summed E-state index contributed by atoms with van der Waals surface area (Å²) in [5.74, 6) is 0.600. The summed E-state index contributed by atoms with van der Waals surface area (Å²) in [6.45, 7) is 15.3. The van der Waals surface area contributed by atoms with Crippen molar-refractivity contribution in [3.63, 3.8) is 0 Å².